The van der Waals surface area contributed by atoms with Crippen molar-refractivity contribution >= 4 is 5.97 Å². The Balaban J connectivity index is 1.84. The maximum Gasteiger partial charge on any atom is 0.305 e. The molecule has 0 radical (unpaired) electrons. The normalized spacial score (nSPS) is 15.8. The van der Waals surface area contributed by atoms with Crippen LogP contribution in [-0.4, -0.2) is 61.9 Å². The lowest BCUT2D eigenvalue weighted by molar-refractivity contribution is -0.757. The van der Waals surface area contributed by atoms with Gasteiger partial charge in [0.05, 0.1) is 6.61 Å². The summed E-state index contributed by atoms with van der Waals surface area (Å²) in [6.45, 7) is 3.12. The number of hydrogen-bond donors (Lipinski definition) is 1. The van der Waals surface area contributed by atoms with Crippen LogP contribution in [0, 0.1) is 10.1 Å². The first kappa shape index (κ1) is 15.6. The van der Waals surface area contributed by atoms with Crippen molar-refractivity contribution in [1.29, 1.82) is 0 Å². The van der Waals surface area contributed by atoms with E-state index < -0.39 is 5.09 Å². The molecule has 8 heteroatoms. The van der Waals surface area contributed by atoms with E-state index in [9.17, 15) is 14.9 Å². The molecule has 1 aliphatic rings. The minimum atomic E-state index is -0.831. The molecule has 0 unspecified atom stereocenters. The fraction of sp³-hybridized carbons (Fsp3) is 0.909. The molecule has 0 aliphatic carbocycles. The maximum absolute atomic E-state index is 11.3. The summed E-state index contributed by atoms with van der Waals surface area (Å²) in [6, 6.07) is 0.503. The van der Waals surface area contributed by atoms with Gasteiger partial charge in [0.15, 0.2) is 0 Å². The third-order valence-electron chi connectivity index (χ3n) is 2.83. The zero-order valence-electron chi connectivity index (χ0n) is 11.2. The van der Waals surface area contributed by atoms with Gasteiger partial charge in [-0.3, -0.25) is 4.79 Å². The van der Waals surface area contributed by atoms with E-state index in [-0.39, 0.29) is 19.0 Å². The molecule has 0 atom stereocenters. The highest BCUT2D eigenvalue weighted by molar-refractivity contribution is 5.69. The maximum atomic E-state index is 11.3. The summed E-state index contributed by atoms with van der Waals surface area (Å²) in [7, 11) is 2.06. The summed E-state index contributed by atoms with van der Waals surface area (Å²) < 4.78 is 5.03. The van der Waals surface area contributed by atoms with Crippen LogP contribution in [0.2, 0.25) is 0 Å². The van der Waals surface area contributed by atoms with Crippen LogP contribution < -0.4 is 5.32 Å². The van der Waals surface area contributed by atoms with Crippen molar-refractivity contribution in [2.45, 2.75) is 25.3 Å². The highest BCUT2D eigenvalue weighted by atomic mass is 16.9. The largest absolute Gasteiger partial charge is 0.464 e. The van der Waals surface area contributed by atoms with E-state index >= 15 is 0 Å². The van der Waals surface area contributed by atoms with Crippen LogP contribution in [0.3, 0.4) is 0 Å². The molecule has 1 heterocycles. The molecule has 0 saturated carbocycles. The summed E-state index contributed by atoms with van der Waals surface area (Å²) in [4.78, 5) is 27.5. The zero-order chi connectivity index (χ0) is 14.1. The molecular formula is C11H21N3O5. The van der Waals surface area contributed by atoms with Crippen molar-refractivity contribution < 1.29 is 19.5 Å². The van der Waals surface area contributed by atoms with Gasteiger partial charge in [0.25, 0.3) is 5.09 Å². The highest BCUT2D eigenvalue weighted by Gasteiger charge is 2.21. The van der Waals surface area contributed by atoms with E-state index in [0.717, 1.165) is 13.1 Å². The van der Waals surface area contributed by atoms with E-state index in [1.807, 2.05) is 0 Å². The lowest BCUT2D eigenvalue weighted by Gasteiger charge is -2.36. The van der Waals surface area contributed by atoms with Crippen molar-refractivity contribution in [2.75, 3.05) is 39.9 Å². The van der Waals surface area contributed by atoms with Crippen molar-refractivity contribution in [3.8, 4) is 0 Å². The van der Waals surface area contributed by atoms with E-state index in [1.165, 1.54) is 0 Å². The molecule has 1 fully saturated rings. The van der Waals surface area contributed by atoms with Gasteiger partial charge < -0.3 is 19.8 Å². The van der Waals surface area contributed by atoms with Gasteiger partial charge in [0, 0.05) is 32.1 Å². The molecule has 0 bridgehead atoms. The van der Waals surface area contributed by atoms with E-state index in [2.05, 4.69) is 22.1 Å². The Hall–Kier alpha value is -1.41. The topological polar surface area (TPSA) is 93.9 Å². The number of nitrogens with one attached hydrogen (secondary N) is 1. The predicted octanol–water partition coefficient (Wildman–Crippen LogP) is -0.188. The molecule has 1 aliphatic heterocycles. The quantitative estimate of drug-likeness (QED) is 0.255. The summed E-state index contributed by atoms with van der Waals surface area (Å²) in [5.41, 5.74) is 0. The van der Waals surface area contributed by atoms with Gasteiger partial charge in [-0.25, -0.2) is 0 Å². The fourth-order valence-corrected chi connectivity index (χ4v) is 1.84. The fourth-order valence-electron chi connectivity index (χ4n) is 1.84. The second-order valence-corrected chi connectivity index (χ2v) is 4.61. The summed E-state index contributed by atoms with van der Waals surface area (Å²) in [6.07, 6.45) is 1.28. The number of unbranched alkanes of at least 4 members (excludes halogenated alkanes) is 1. The molecule has 110 valence electrons. The van der Waals surface area contributed by atoms with Crippen molar-refractivity contribution in [3.05, 3.63) is 10.1 Å². The Morgan fingerprint density at radius 2 is 2.16 bits per heavy atom. The van der Waals surface area contributed by atoms with Crippen LogP contribution >= 0.6 is 0 Å². The first-order valence-electron chi connectivity index (χ1n) is 6.43. The molecule has 1 saturated heterocycles. The lowest BCUT2D eigenvalue weighted by atomic mass is 10.1. The Morgan fingerprint density at radius 3 is 2.79 bits per heavy atom. The third kappa shape index (κ3) is 7.58. The molecule has 19 heavy (non-hydrogen) atoms. The number of carbonyl (C=O) groups is 1. The Kier molecular flexibility index (Phi) is 7.12. The summed E-state index contributed by atoms with van der Waals surface area (Å²) in [5, 5.41) is 12.3. The van der Waals surface area contributed by atoms with Gasteiger partial charge in [-0.05, 0) is 19.9 Å². The number of esters is 1. The number of ether oxygens (including phenoxy) is 1. The number of likely N-dealkylation sites (tertiary alicyclic amines) is 1. The molecule has 1 rings (SSSR count). The van der Waals surface area contributed by atoms with Crippen LogP contribution in [0.1, 0.15) is 19.3 Å². The summed E-state index contributed by atoms with van der Waals surface area (Å²) >= 11 is 0. The average molecular weight is 275 g/mol. The smallest absolute Gasteiger partial charge is 0.305 e. The number of carbonyl (C=O) groups excluding carboxylic acids is 1. The Bertz CT molecular complexity index is 294. The van der Waals surface area contributed by atoms with Crippen molar-refractivity contribution in [1.82, 2.24) is 10.2 Å². The molecule has 1 N–H and O–H groups in total. The van der Waals surface area contributed by atoms with Gasteiger partial charge in [-0.15, -0.1) is 10.1 Å². The number of hydrogen-bond acceptors (Lipinski definition) is 7. The van der Waals surface area contributed by atoms with Crippen LogP contribution in [0.15, 0.2) is 0 Å². The minimum absolute atomic E-state index is 0.0248. The highest BCUT2D eigenvalue weighted by Crippen LogP contribution is 2.02. The molecular weight excluding hydrogens is 254 g/mol. The third-order valence-corrected chi connectivity index (χ3v) is 2.83. The van der Waals surface area contributed by atoms with Crippen molar-refractivity contribution in [2.24, 2.45) is 0 Å². The van der Waals surface area contributed by atoms with Crippen LogP contribution in [0.25, 0.3) is 0 Å². The minimum Gasteiger partial charge on any atom is -0.464 e. The monoisotopic (exact) mass is 275 g/mol. The standard InChI is InChI=1S/C11H21N3O5/c1-13-8-10(9-13)12-5-7-18-11(15)4-2-3-6-19-14(16)17/h10,12H,2-9H2,1H3. The zero-order valence-corrected chi connectivity index (χ0v) is 11.2. The van der Waals surface area contributed by atoms with Gasteiger partial charge in [-0.2, -0.15) is 0 Å². The van der Waals surface area contributed by atoms with E-state index in [4.69, 9.17) is 4.74 Å². The average Bonchev–Trinajstić information content (AvgIpc) is 2.31. The second kappa shape index (κ2) is 8.65. The van der Waals surface area contributed by atoms with Crippen LogP contribution in [0.5, 0.6) is 0 Å². The molecule has 0 aromatic carbocycles. The first-order chi connectivity index (χ1) is 9.08. The number of rotatable bonds is 10. The van der Waals surface area contributed by atoms with Gasteiger partial charge in [-0.1, -0.05) is 0 Å². The number of nitrogens with zero attached hydrogens (tertiary/aromatic N) is 2. The Morgan fingerprint density at radius 1 is 1.42 bits per heavy atom. The molecule has 0 aromatic rings. The summed E-state index contributed by atoms with van der Waals surface area (Å²) in [5.74, 6) is -0.270. The van der Waals surface area contributed by atoms with E-state index in [0.29, 0.717) is 32.0 Å². The predicted molar refractivity (Wildman–Crippen MR) is 67.0 cm³/mol. The van der Waals surface area contributed by atoms with Gasteiger partial charge >= 0.3 is 5.97 Å². The van der Waals surface area contributed by atoms with Gasteiger partial charge in [0.2, 0.25) is 0 Å². The molecule has 0 amide bonds. The van der Waals surface area contributed by atoms with E-state index in [1.54, 1.807) is 0 Å². The SMILES string of the molecule is CN1CC(NCCOC(=O)CCCCO[N+](=O)[O-])C1. The van der Waals surface area contributed by atoms with Gasteiger partial charge in [0.1, 0.15) is 6.61 Å². The lowest BCUT2D eigenvalue weighted by Crippen LogP contribution is -2.56. The molecule has 8 nitrogen and oxygen atoms in total. The Labute approximate surface area is 112 Å². The molecule has 0 spiro atoms. The second-order valence-electron chi connectivity index (χ2n) is 4.61. The molecule has 0 aromatic heterocycles. The first-order valence-corrected chi connectivity index (χ1v) is 6.43. The number of likely N-dealkylation sites (N-methyl/N-ethyl adjacent to an activating group) is 1. The van der Waals surface area contributed by atoms with Crippen LogP contribution in [-0.2, 0) is 14.4 Å². The van der Waals surface area contributed by atoms with Crippen molar-refractivity contribution in [3.63, 3.8) is 0 Å². The van der Waals surface area contributed by atoms with Crippen LogP contribution in [0.4, 0.5) is 0 Å².